The van der Waals surface area contributed by atoms with E-state index in [4.69, 9.17) is 4.74 Å². The predicted molar refractivity (Wildman–Crippen MR) is 74.0 cm³/mol. The molecule has 2 aliphatic rings. The lowest BCUT2D eigenvalue weighted by atomic mass is 10.0. The third-order valence-corrected chi connectivity index (χ3v) is 5.15. The van der Waals surface area contributed by atoms with Crippen molar-refractivity contribution in [3.8, 4) is 0 Å². The van der Waals surface area contributed by atoms with Gasteiger partial charge < -0.3 is 10.1 Å². The van der Waals surface area contributed by atoms with Crippen molar-refractivity contribution in [2.75, 3.05) is 0 Å². The first-order valence-corrected chi connectivity index (χ1v) is 7.90. The lowest BCUT2D eigenvalue weighted by Crippen LogP contribution is -2.41. The van der Waals surface area contributed by atoms with E-state index in [0.717, 1.165) is 5.69 Å². The van der Waals surface area contributed by atoms with Crippen LogP contribution >= 0.6 is 11.3 Å². The normalized spacial score (nSPS) is 31.2. The number of hydrogen-bond donors (Lipinski definition) is 1. The van der Waals surface area contributed by atoms with E-state index in [1.54, 1.807) is 11.3 Å². The molecule has 2 atom stereocenters. The summed E-state index contributed by atoms with van der Waals surface area (Å²) in [6, 6.07) is 1.41. The number of thiazole rings is 1. The van der Waals surface area contributed by atoms with E-state index in [1.807, 2.05) is 0 Å². The zero-order chi connectivity index (χ0) is 12.5. The van der Waals surface area contributed by atoms with Crippen LogP contribution < -0.4 is 5.32 Å². The molecule has 100 valence electrons. The predicted octanol–water partition coefficient (Wildman–Crippen LogP) is 3.07. The van der Waals surface area contributed by atoms with Crippen LogP contribution in [0.1, 0.15) is 56.2 Å². The molecule has 0 spiro atoms. The molecule has 0 radical (unpaired) electrons. The Hall–Kier alpha value is -0.450. The number of ether oxygens (including phenoxy) is 1. The van der Waals surface area contributed by atoms with Gasteiger partial charge in [0.15, 0.2) is 0 Å². The van der Waals surface area contributed by atoms with Gasteiger partial charge in [0.2, 0.25) is 0 Å². The zero-order valence-electron chi connectivity index (χ0n) is 11.2. The van der Waals surface area contributed by atoms with E-state index >= 15 is 0 Å². The molecule has 4 heteroatoms. The van der Waals surface area contributed by atoms with Crippen molar-refractivity contribution in [2.24, 2.45) is 0 Å². The Labute approximate surface area is 113 Å². The molecular formula is C14H22N2OS. The molecule has 0 amide bonds. The second kappa shape index (κ2) is 5.27. The largest absolute Gasteiger partial charge is 0.372 e. The Kier molecular flexibility index (Phi) is 3.68. The first-order valence-electron chi connectivity index (χ1n) is 7.02. The maximum atomic E-state index is 6.05. The molecule has 1 N–H and O–H groups in total. The highest BCUT2D eigenvalue weighted by Gasteiger charge is 2.33. The molecule has 0 aromatic carbocycles. The van der Waals surface area contributed by atoms with Gasteiger partial charge in [-0.15, -0.1) is 11.3 Å². The number of rotatable bonds is 4. The van der Waals surface area contributed by atoms with E-state index in [0.29, 0.717) is 30.7 Å². The minimum absolute atomic E-state index is 0.438. The fraction of sp³-hybridized carbons (Fsp3) is 0.786. The van der Waals surface area contributed by atoms with E-state index in [-0.39, 0.29) is 0 Å². The second-order valence-corrected chi connectivity index (χ2v) is 6.76. The molecule has 2 fully saturated rings. The van der Waals surface area contributed by atoms with Gasteiger partial charge in [-0.25, -0.2) is 4.98 Å². The third kappa shape index (κ3) is 2.76. The van der Waals surface area contributed by atoms with E-state index in [1.165, 1.54) is 30.7 Å². The van der Waals surface area contributed by atoms with E-state index in [2.05, 4.69) is 29.5 Å². The highest BCUT2D eigenvalue weighted by atomic mass is 32.1. The Morgan fingerprint density at radius 2 is 2.11 bits per heavy atom. The van der Waals surface area contributed by atoms with Gasteiger partial charge >= 0.3 is 0 Å². The first-order chi connectivity index (χ1) is 8.70. The summed E-state index contributed by atoms with van der Waals surface area (Å²) in [5.41, 5.74) is 1.11. The van der Waals surface area contributed by atoms with Crippen LogP contribution in [0.5, 0.6) is 0 Å². The number of nitrogens with one attached hydrogen (secondary N) is 1. The smallest absolute Gasteiger partial charge is 0.0954 e. The summed E-state index contributed by atoms with van der Waals surface area (Å²) < 4.78 is 6.05. The quantitative estimate of drug-likeness (QED) is 0.909. The first kappa shape index (κ1) is 12.6. The lowest BCUT2D eigenvalue weighted by molar-refractivity contribution is 0.00782. The molecule has 0 aliphatic carbocycles. The number of nitrogens with zero attached hydrogens (tertiary/aromatic N) is 1. The SMILES string of the molecule is CC(C)c1nc(COC2CC3CCC(C2)N3)cs1. The Morgan fingerprint density at radius 3 is 2.72 bits per heavy atom. The fourth-order valence-corrected chi connectivity index (χ4v) is 3.82. The topological polar surface area (TPSA) is 34.1 Å². The fourth-order valence-electron chi connectivity index (χ4n) is 3.00. The van der Waals surface area contributed by atoms with Crippen LogP contribution in [0.25, 0.3) is 0 Å². The second-order valence-electron chi connectivity index (χ2n) is 5.87. The lowest BCUT2D eigenvalue weighted by Gasteiger charge is -2.28. The summed E-state index contributed by atoms with van der Waals surface area (Å²) >= 11 is 1.75. The van der Waals surface area contributed by atoms with Gasteiger partial charge in [-0.1, -0.05) is 13.8 Å². The van der Waals surface area contributed by atoms with Crippen LogP contribution in [0.15, 0.2) is 5.38 Å². The van der Waals surface area contributed by atoms with Crippen LogP contribution in [0.3, 0.4) is 0 Å². The monoisotopic (exact) mass is 266 g/mol. The average Bonchev–Trinajstić information content (AvgIpc) is 2.94. The molecule has 1 aromatic rings. The molecular weight excluding hydrogens is 244 g/mol. The highest BCUT2D eigenvalue weighted by molar-refractivity contribution is 7.09. The van der Waals surface area contributed by atoms with Crippen molar-refractivity contribution in [3.63, 3.8) is 0 Å². The van der Waals surface area contributed by atoms with Crippen LogP contribution in [0.2, 0.25) is 0 Å². The molecule has 2 aliphatic heterocycles. The maximum absolute atomic E-state index is 6.05. The number of hydrogen-bond acceptors (Lipinski definition) is 4. The minimum Gasteiger partial charge on any atom is -0.372 e. The molecule has 18 heavy (non-hydrogen) atoms. The number of aromatic nitrogens is 1. The van der Waals surface area contributed by atoms with Crippen molar-refractivity contribution in [1.29, 1.82) is 0 Å². The number of piperidine rings is 1. The standard InChI is InChI=1S/C14H22N2OS/c1-9(2)14-16-12(8-18-14)7-17-13-5-10-3-4-11(6-13)15-10/h8-11,13,15H,3-7H2,1-2H3. The van der Waals surface area contributed by atoms with Crippen LogP contribution in [-0.2, 0) is 11.3 Å². The molecule has 2 saturated heterocycles. The van der Waals surface area contributed by atoms with Gasteiger partial charge in [0, 0.05) is 23.4 Å². The Bertz CT molecular complexity index is 392. The highest BCUT2D eigenvalue weighted by Crippen LogP contribution is 2.29. The summed E-state index contributed by atoms with van der Waals surface area (Å²) in [4.78, 5) is 4.63. The van der Waals surface area contributed by atoms with Crippen molar-refractivity contribution in [2.45, 2.75) is 70.2 Å². The van der Waals surface area contributed by atoms with Gasteiger partial charge in [0.25, 0.3) is 0 Å². The van der Waals surface area contributed by atoms with E-state index < -0.39 is 0 Å². The summed E-state index contributed by atoms with van der Waals surface area (Å²) in [6.07, 6.45) is 5.46. The maximum Gasteiger partial charge on any atom is 0.0954 e. The number of fused-ring (bicyclic) bond motifs is 2. The van der Waals surface area contributed by atoms with Gasteiger partial charge in [-0.3, -0.25) is 0 Å². The summed E-state index contributed by atoms with van der Waals surface area (Å²) in [5, 5.41) is 7.01. The molecule has 3 heterocycles. The van der Waals surface area contributed by atoms with Gasteiger partial charge in [0.05, 0.1) is 23.4 Å². The Balaban J connectivity index is 1.51. The van der Waals surface area contributed by atoms with Crippen LogP contribution in [0.4, 0.5) is 0 Å². The van der Waals surface area contributed by atoms with Crippen LogP contribution in [0, 0.1) is 0 Å². The molecule has 2 bridgehead atoms. The molecule has 0 saturated carbocycles. The summed E-state index contributed by atoms with van der Waals surface area (Å²) in [6.45, 7) is 5.06. The Morgan fingerprint density at radius 1 is 1.39 bits per heavy atom. The van der Waals surface area contributed by atoms with Gasteiger partial charge in [0.1, 0.15) is 0 Å². The van der Waals surface area contributed by atoms with Gasteiger partial charge in [-0.05, 0) is 25.7 Å². The third-order valence-electron chi connectivity index (χ3n) is 3.96. The average molecular weight is 266 g/mol. The minimum atomic E-state index is 0.438. The molecule has 3 rings (SSSR count). The molecule has 3 nitrogen and oxygen atoms in total. The summed E-state index contributed by atoms with van der Waals surface area (Å²) in [5.74, 6) is 0.526. The van der Waals surface area contributed by atoms with Crippen molar-refractivity contribution < 1.29 is 4.74 Å². The molecule has 2 unspecified atom stereocenters. The molecule has 1 aromatic heterocycles. The van der Waals surface area contributed by atoms with Gasteiger partial charge in [-0.2, -0.15) is 0 Å². The van der Waals surface area contributed by atoms with Crippen molar-refractivity contribution >= 4 is 11.3 Å². The zero-order valence-corrected chi connectivity index (χ0v) is 12.0. The van der Waals surface area contributed by atoms with Crippen LogP contribution in [-0.4, -0.2) is 23.2 Å². The summed E-state index contributed by atoms with van der Waals surface area (Å²) in [7, 11) is 0. The van der Waals surface area contributed by atoms with Crippen molar-refractivity contribution in [3.05, 3.63) is 16.1 Å². The van der Waals surface area contributed by atoms with E-state index in [9.17, 15) is 0 Å². The van der Waals surface area contributed by atoms with Crippen molar-refractivity contribution in [1.82, 2.24) is 10.3 Å².